The molecule has 1 saturated heterocycles. The van der Waals surface area contributed by atoms with Gasteiger partial charge in [-0.15, -0.1) is 0 Å². The van der Waals surface area contributed by atoms with Gasteiger partial charge in [-0.3, -0.25) is 9.36 Å². The molecule has 3 heterocycles. The number of aromatic nitrogens is 3. The summed E-state index contributed by atoms with van der Waals surface area (Å²) >= 11 is 0. The van der Waals surface area contributed by atoms with Crippen LogP contribution in [0, 0.1) is 0 Å². The Morgan fingerprint density at radius 3 is 2.33 bits per heavy atom. The van der Waals surface area contributed by atoms with Gasteiger partial charge in [-0.1, -0.05) is 6.07 Å². The molecule has 49 heavy (non-hydrogen) atoms. The normalized spacial score (nSPS) is 14.0. The number of fused-ring (bicyclic) bond motifs is 1. The average Bonchev–Trinajstić information content (AvgIpc) is 3.35. The number of rotatable bonds is 12. The van der Waals surface area contributed by atoms with Crippen LogP contribution in [0.5, 0.6) is 11.6 Å². The number of nitrogens with one attached hydrogen (secondary N) is 2. The number of alkyl halides is 3. The SMILES string of the molecule is CCOP(=O)(Cc1ccc(Nc2ncc(C(F)(F)F)c(Nc3ccc(N4CCN(C(C)=O)CC4)c4cn(C)c(O)c34)n2)c(OC)c1)OCC. The molecular formula is C32H39F3N7O6P. The van der Waals surface area contributed by atoms with E-state index >= 15 is 0 Å². The minimum Gasteiger partial charge on any atom is -0.495 e. The van der Waals surface area contributed by atoms with Crippen LogP contribution in [0.3, 0.4) is 0 Å². The van der Waals surface area contributed by atoms with E-state index in [1.807, 2.05) is 0 Å². The highest BCUT2D eigenvalue weighted by molar-refractivity contribution is 7.53. The Morgan fingerprint density at radius 2 is 1.71 bits per heavy atom. The van der Waals surface area contributed by atoms with Gasteiger partial charge in [-0.25, -0.2) is 4.98 Å². The molecule has 17 heteroatoms. The van der Waals surface area contributed by atoms with E-state index in [1.165, 1.54) is 18.6 Å². The average molecular weight is 706 g/mol. The van der Waals surface area contributed by atoms with Crippen molar-refractivity contribution in [2.24, 2.45) is 7.05 Å². The number of amides is 1. The first-order valence-corrected chi connectivity index (χ1v) is 17.3. The van der Waals surface area contributed by atoms with Crippen LogP contribution < -0.4 is 20.3 Å². The molecule has 0 aliphatic carbocycles. The van der Waals surface area contributed by atoms with Crippen molar-refractivity contribution in [3.8, 4) is 11.6 Å². The largest absolute Gasteiger partial charge is 0.495 e. The number of benzene rings is 2. The minimum absolute atomic E-state index is 0.00955. The molecule has 0 bridgehead atoms. The highest BCUT2D eigenvalue weighted by Crippen LogP contribution is 2.52. The number of nitrogens with zero attached hydrogens (tertiary/aromatic N) is 5. The second-order valence-electron chi connectivity index (χ2n) is 11.3. The van der Waals surface area contributed by atoms with Gasteiger partial charge in [0.15, 0.2) is 0 Å². The fraction of sp³-hybridized carbons (Fsp3) is 0.406. The molecule has 1 fully saturated rings. The Bertz CT molecular complexity index is 1870. The Kier molecular flexibility index (Phi) is 10.6. The summed E-state index contributed by atoms with van der Waals surface area (Å²) in [5.41, 5.74) is 0.798. The van der Waals surface area contributed by atoms with Crippen molar-refractivity contribution < 1.29 is 41.4 Å². The summed E-state index contributed by atoms with van der Waals surface area (Å²) in [5.74, 6) is -0.564. The maximum Gasteiger partial charge on any atom is 0.421 e. The molecule has 1 aliphatic heterocycles. The third-order valence-corrected chi connectivity index (χ3v) is 10.1. The molecular weight excluding hydrogens is 666 g/mol. The first kappa shape index (κ1) is 35.8. The second-order valence-corrected chi connectivity index (χ2v) is 13.4. The predicted molar refractivity (Wildman–Crippen MR) is 180 cm³/mol. The van der Waals surface area contributed by atoms with Crippen LogP contribution in [0.1, 0.15) is 31.9 Å². The van der Waals surface area contributed by atoms with Crippen LogP contribution in [-0.2, 0) is 37.8 Å². The fourth-order valence-corrected chi connectivity index (χ4v) is 7.42. The summed E-state index contributed by atoms with van der Waals surface area (Å²) in [4.78, 5) is 23.7. The lowest BCUT2D eigenvalue weighted by Crippen LogP contribution is -2.48. The highest BCUT2D eigenvalue weighted by Gasteiger charge is 2.36. The van der Waals surface area contributed by atoms with Crippen LogP contribution in [0.25, 0.3) is 10.8 Å². The van der Waals surface area contributed by atoms with Gasteiger partial charge in [0.25, 0.3) is 0 Å². The van der Waals surface area contributed by atoms with Gasteiger partial charge in [0.2, 0.25) is 17.7 Å². The van der Waals surface area contributed by atoms with Crippen LogP contribution in [-0.4, -0.2) is 77.0 Å². The number of carbonyl (C=O) groups is 1. The molecule has 5 rings (SSSR count). The summed E-state index contributed by atoms with van der Waals surface area (Å²) in [5, 5.41) is 17.7. The molecule has 1 amide bonds. The molecule has 0 saturated carbocycles. The van der Waals surface area contributed by atoms with Gasteiger partial charge in [-0.2, -0.15) is 18.2 Å². The lowest BCUT2D eigenvalue weighted by molar-refractivity contribution is -0.137. The molecule has 0 radical (unpaired) electrons. The number of aryl methyl sites for hydroxylation is 1. The number of aromatic hydroxyl groups is 1. The van der Waals surface area contributed by atoms with E-state index in [1.54, 1.807) is 62.3 Å². The van der Waals surface area contributed by atoms with E-state index < -0.39 is 25.2 Å². The van der Waals surface area contributed by atoms with E-state index in [-0.39, 0.29) is 42.8 Å². The Morgan fingerprint density at radius 1 is 1.04 bits per heavy atom. The Labute approximate surface area is 281 Å². The zero-order valence-corrected chi connectivity index (χ0v) is 28.7. The number of methoxy groups -OCH3 is 1. The lowest BCUT2D eigenvalue weighted by atomic mass is 10.1. The van der Waals surface area contributed by atoms with E-state index in [2.05, 4.69) is 25.5 Å². The standard InChI is InChI=1S/C32H39F3N7O6P/c1-6-47-49(45,48-7-2)19-21-8-9-24(27(16-21)46-5)38-31-36-17-23(32(33,34)35)29(39-31)37-25-10-11-26(22-18-40(4)30(44)28(22)25)42-14-12-41(13-15-42)20(3)43/h8-11,16-18,44H,6-7,12-15,19H2,1-5H3,(H2,36,37,38,39). The number of piperazine rings is 1. The minimum atomic E-state index is -4.80. The maximum absolute atomic E-state index is 14.2. The monoisotopic (exact) mass is 705 g/mol. The molecule has 2 aromatic heterocycles. The van der Waals surface area contributed by atoms with Crippen molar-refractivity contribution in [2.45, 2.75) is 33.1 Å². The van der Waals surface area contributed by atoms with Crippen LogP contribution in [0.15, 0.2) is 42.7 Å². The van der Waals surface area contributed by atoms with Gasteiger partial charge >= 0.3 is 13.8 Å². The number of ether oxygens (including phenoxy) is 1. The molecule has 0 atom stereocenters. The van der Waals surface area contributed by atoms with Gasteiger partial charge < -0.3 is 43.9 Å². The van der Waals surface area contributed by atoms with Gasteiger partial charge in [-0.05, 0) is 43.7 Å². The molecule has 13 nitrogen and oxygen atoms in total. The number of halogens is 3. The zero-order chi connectivity index (χ0) is 35.5. The quantitative estimate of drug-likeness (QED) is 0.137. The molecule has 0 spiro atoms. The van der Waals surface area contributed by atoms with Crippen LogP contribution in [0.4, 0.5) is 42.0 Å². The number of anilines is 5. The second kappa shape index (κ2) is 14.5. The van der Waals surface area contributed by atoms with E-state index in [9.17, 15) is 27.6 Å². The molecule has 2 aromatic carbocycles. The first-order valence-electron chi connectivity index (χ1n) is 15.6. The topological polar surface area (TPSA) is 143 Å². The molecule has 264 valence electrons. The summed E-state index contributed by atoms with van der Waals surface area (Å²) in [6.07, 6.45) is -2.44. The summed E-state index contributed by atoms with van der Waals surface area (Å²) in [6.45, 7) is 7.52. The third kappa shape index (κ3) is 7.87. The lowest BCUT2D eigenvalue weighted by Gasteiger charge is -2.36. The van der Waals surface area contributed by atoms with Crippen molar-refractivity contribution in [1.29, 1.82) is 0 Å². The number of hydrogen-bond donors (Lipinski definition) is 3. The number of carbonyl (C=O) groups excluding carboxylic acids is 1. The molecule has 0 unspecified atom stereocenters. The van der Waals surface area contributed by atoms with E-state index in [0.717, 1.165) is 5.69 Å². The van der Waals surface area contributed by atoms with Gasteiger partial charge in [0, 0.05) is 63.6 Å². The van der Waals surface area contributed by atoms with Crippen molar-refractivity contribution in [1.82, 2.24) is 19.4 Å². The Hall–Kier alpha value is -4.53. The summed E-state index contributed by atoms with van der Waals surface area (Å²) < 4.78 is 73.5. The number of hydrogen-bond acceptors (Lipinski definition) is 11. The fourth-order valence-electron chi connectivity index (χ4n) is 5.73. The molecule has 1 aliphatic rings. The third-order valence-electron chi connectivity index (χ3n) is 8.06. The van der Waals surface area contributed by atoms with Gasteiger partial charge in [0.1, 0.15) is 17.1 Å². The zero-order valence-electron chi connectivity index (χ0n) is 27.8. The first-order chi connectivity index (χ1) is 23.3. The van der Waals surface area contributed by atoms with Crippen molar-refractivity contribution >= 4 is 53.1 Å². The van der Waals surface area contributed by atoms with Crippen LogP contribution in [0.2, 0.25) is 0 Å². The predicted octanol–water partition coefficient (Wildman–Crippen LogP) is 6.62. The molecule has 3 N–H and O–H groups in total. The van der Waals surface area contributed by atoms with E-state index in [4.69, 9.17) is 13.8 Å². The van der Waals surface area contributed by atoms with Crippen molar-refractivity contribution in [3.63, 3.8) is 0 Å². The van der Waals surface area contributed by atoms with Gasteiger partial charge in [0.05, 0.1) is 43.2 Å². The smallest absolute Gasteiger partial charge is 0.421 e. The van der Waals surface area contributed by atoms with Crippen molar-refractivity contribution in [3.05, 3.63) is 53.9 Å². The summed E-state index contributed by atoms with van der Waals surface area (Å²) in [6, 6.07) is 8.24. The van der Waals surface area contributed by atoms with Crippen molar-refractivity contribution in [2.75, 3.05) is 62.0 Å². The Balaban J connectivity index is 1.47. The highest BCUT2D eigenvalue weighted by atomic mass is 31.2. The molecule has 4 aromatic rings. The summed E-state index contributed by atoms with van der Waals surface area (Å²) in [7, 11) is -0.353. The maximum atomic E-state index is 14.2. The van der Waals surface area contributed by atoms with E-state index in [0.29, 0.717) is 60.1 Å². The van der Waals surface area contributed by atoms with Crippen LogP contribution >= 0.6 is 7.60 Å².